The van der Waals surface area contributed by atoms with E-state index in [1.807, 2.05) is 13.0 Å². The Bertz CT molecular complexity index is 4080. The molecule has 4 fully saturated rings. The fourth-order valence-corrected chi connectivity index (χ4v) is 15.4. The van der Waals surface area contributed by atoms with Crippen LogP contribution in [-0.4, -0.2) is 270 Å². The number of methoxy groups -OCH3 is 2. The van der Waals surface area contributed by atoms with Crippen LogP contribution in [0.4, 0.5) is 11.4 Å². The Kier molecular flexibility index (Phi) is 28.6. The van der Waals surface area contributed by atoms with Gasteiger partial charge in [0.25, 0.3) is 11.5 Å². The maximum atomic E-state index is 14.5. The van der Waals surface area contributed by atoms with Crippen molar-refractivity contribution >= 4 is 82.2 Å². The maximum absolute atomic E-state index is 14.5. The van der Waals surface area contributed by atoms with E-state index < -0.39 is 182 Å². The van der Waals surface area contributed by atoms with Gasteiger partial charge in [-0.2, -0.15) is 16.9 Å². The third-order valence-corrected chi connectivity index (χ3v) is 22.1. The molecule has 4 aromatic rings. The maximum Gasteiger partial charge on any atom is 0.364 e. The van der Waals surface area contributed by atoms with E-state index >= 15 is 0 Å². The number of aliphatic hydroxyl groups excluding tert-OH is 7. The standard InChI is InChI=1S/C73H93ClN8O25S.Y/c1-36-15-14-20-51(101-9)72(99)30-49(103-57(90)31-72)37(2)67-71(5,107-67)52(28-56(89)80(7)45-26-40(25-36)27-48(100-8)58(45)74)105-68(95)38(3)79(6)54(87)22-24-108-35-53(86)75-23-21-55(88)81-32-41-16-10-11-17-42(41)59-60(43-18-12-13-19-44(43)81)78-82(77-59)33-47(85)62(91)66-61(76-39(4)83)46(84)29-73(106-66,70(97)98)102-34-50-63(92)64(93)65(94)69(96)104-50;/h10-20,26-27,37-38,46-47,49-52,61-67,69,84-85,91-94,96,99H,21-25,28-35H2,1-9H3,(H,75,86)(H,76,83)(H,97,98);/p+1/b20-14+,36-15+;. The molecule has 4 saturated heterocycles. The molecule has 591 valence electrons. The van der Waals surface area contributed by atoms with E-state index in [1.165, 1.54) is 49.8 Å². The van der Waals surface area contributed by atoms with Gasteiger partial charge in [-0.3, -0.25) is 28.8 Å². The molecule has 12 N–H and O–H groups in total. The molecule has 4 bridgehead atoms. The van der Waals surface area contributed by atoms with Gasteiger partial charge in [0.05, 0.1) is 74.0 Å². The first-order chi connectivity index (χ1) is 51.1. The molecule has 6 aliphatic heterocycles. The number of epoxide rings is 1. The molecule has 109 heavy (non-hydrogen) atoms. The molecule has 19 atom stereocenters. The SMILES string of the molecule is COc1cc2cc(c1Cl)N(C)C(=O)CC(OC(=O)C(C)N(C)C(=O)CCSCC(=O)NCCC(=O)N1Cc3ccccc3-c3nn(CC(O)C(O)C4OC(OCC5OC(O)C(O)C(O)C5O)(C(=O)O)CC(O)C4NC(C)=O)[nH+]c3-c3ccccc31)C1(C)OC1C(C)C1CC(O)(CC(=O)O1)C(OC)/C=C/C=C(\C)C2.[Y]. The van der Waals surface area contributed by atoms with Crippen LogP contribution in [0.1, 0.15) is 84.3 Å². The molecule has 0 aliphatic carbocycles. The Morgan fingerprint density at radius 3 is 2.35 bits per heavy atom. The number of esters is 2. The predicted molar refractivity (Wildman–Crippen MR) is 383 cm³/mol. The topological polar surface area (TPSA) is 462 Å². The van der Waals surface area contributed by atoms with Crippen molar-refractivity contribution in [2.45, 2.75) is 201 Å². The fourth-order valence-electron chi connectivity index (χ4n) is 14.3. The fraction of sp³-hybridized carbons (Fsp3) is 0.562. The molecule has 36 heteroatoms. The number of allylic oxidation sites excluding steroid dienone is 3. The predicted octanol–water partition coefficient (Wildman–Crippen LogP) is 0.256. The zero-order valence-electron chi connectivity index (χ0n) is 61.6. The van der Waals surface area contributed by atoms with Crippen LogP contribution in [0.25, 0.3) is 22.5 Å². The summed E-state index contributed by atoms with van der Waals surface area (Å²) in [7, 11) is 5.84. The number of rotatable bonds is 22. The number of aromatic amines is 1. The van der Waals surface area contributed by atoms with Crippen molar-refractivity contribution in [1.82, 2.24) is 25.4 Å². The number of halogens is 1. The summed E-state index contributed by atoms with van der Waals surface area (Å²) in [6, 6.07) is 14.7. The first-order valence-electron chi connectivity index (χ1n) is 35.2. The number of carboxylic acid groups (broad SMARTS) is 1. The van der Waals surface area contributed by atoms with Crippen molar-refractivity contribution < 1.29 is 160 Å². The minimum Gasteiger partial charge on any atom is -0.495 e. The molecule has 6 aliphatic rings. The first-order valence-corrected chi connectivity index (χ1v) is 36.8. The first kappa shape index (κ1) is 86.1. The molecule has 10 rings (SSSR count). The number of hydrogen-bond acceptors (Lipinski definition) is 26. The Hall–Kier alpha value is -6.94. The summed E-state index contributed by atoms with van der Waals surface area (Å²) < 4.78 is 46.4. The number of carboxylic acids is 1. The number of nitrogens with one attached hydrogen (secondary N) is 3. The number of H-pyrrole nitrogens is 1. The molecule has 33 nitrogen and oxygen atoms in total. The van der Waals surface area contributed by atoms with Crippen molar-refractivity contribution in [3.63, 3.8) is 0 Å². The van der Waals surface area contributed by atoms with Gasteiger partial charge in [-0.05, 0) is 73.4 Å². The molecule has 1 aromatic heterocycles. The van der Waals surface area contributed by atoms with Crippen LogP contribution in [0.2, 0.25) is 5.02 Å². The van der Waals surface area contributed by atoms with Crippen LogP contribution in [-0.2, 0) is 124 Å². The number of amides is 5. The molecule has 19 unspecified atom stereocenters. The number of nitrogens with zero attached hydrogens (tertiary/aromatic N) is 5. The van der Waals surface area contributed by atoms with E-state index in [4.69, 9.17) is 54.6 Å². The number of thioether (sulfide) groups is 1. The number of ether oxygens (including phenoxy) is 8. The van der Waals surface area contributed by atoms with Gasteiger partial charge in [-0.1, -0.05) is 72.7 Å². The van der Waals surface area contributed by atoms with E-state index in [2.05, 4.69) is 15.7 Å². The number of aliphatic hydroxyl groups is 8. The van der Waals surface area contributed by atoms with Crippen LogP contribution in [0.15, 0.2) is 84.5 Å². The summed E-state index contributed by atoms with van der Waals surface area (Å²) >= 11 is 8.01. The van der Waals surface area contributed by atoms with E-state index in [0.29, 0.717) is 51.6 Å². The Labute approximate surface area is 662 Å². The normalized spacial score (nSPS) is 30.6. The quantitative estimate of drug-likeness (QED) is 0.0285. The minimum atomic E-state index is -2.86. The monoisotopic (exact) mass is 1640 g/mol. The van der Waals surface area contributed by atoms with Gasteiger partial charge in [-0.15, -0.1) is 0 Å². The van der Waals surface area contributed by atoms with Gasteiger partial charge in [-0.25, -0.2) is 9.59 Å². The van der Waals surface area contributed by atoms with Crippen LogP contribution in [0.3, 0.4) is 0 Å². The smallest absolute Gasteiger partial charge is 0.364 e. The zero-order chi connectivity index (χ0) is 78.6. The average molecular weight is 1640 g/mol. The molecule has 7 heterocycles. The average Bonchev–Trinajstić information content (AvgIpc) is 1.58. The number of fused-ring (bicyclic) bond motifs is 10. The molecular formula is C73H94ClN8O25SY+. The van der Waals surface area contributed by atoms with E-state index in [1.54, 1.807) is 91.6 Å². The minimum absolute atomic E-state index is 0. The molecule has 0 saturated carbocycles. The van der Waals surface area contributed by atoms with Gasteiger partial charge in [0.15, 0.2) is 6.29 Å². The number of para-hydroxylation sites is 1. The number of aliphatic carboxylic acids is 1. The van der Waals surface area contributed by atoms with Gasteiger partial charge < -0.3 is 109 Å². The number of hydrogen-bond donors (Lipinski definition) is 11. The molecule has 5 amide bonds. The van der Waals surface area contributed by atoms with Crippen LogP contribution >= 0.6 is 23.4 Å². The van der Waals surface area contributed by atoms with E-state index in [-0.39, 0.29) is 93.9 Å². The Balaban J connectivity index is 0.0000137. The van der Waals surface area contributed by atoms with Gasteiger partial charge in [0.2, 0.25) is 35.2 Å². The van der Waals surface area contributed by atoms with Crippen molar-refractivity contribution in [2.24, 2.45) is 5.92 Å². The number of carbonyl (C=O) groups is 8. The van der Waals surface area contributed by atoms with Crippen LogP contribution in [0.5, 0.6) is 5.75 Å². The Morgan fingerprint density at radius 1 is 0.945 bits per heavy atom. The largest absolute Gasteiger partial charge is 0.495 e. The summed E-state index contributed by atoms with van der Waals surface area (Å²) in [5.41, 5.74) is 1.75. The van der Waals surface area contributed by atoms with Crippen molar-refractivity contribution in [1.29, 1.82) is 0 Å². The molecular weight excluding hydrogens is 1550 g/mol. The summed E-state index contributed by atoms with van der Waals surface area (Å²) in [5.74, 6) is -9.01. The third-order valence-electron chi connectivity index (χ3n) is 20.7. The molecule has 1 radical (unpaired) electrons. The zero-order valence-corrected chi connectivity index (χ0v) is 66.0. The summed E-state index contributed by atoms with van der Waals surface area (Å²) in [6.45, 7) is 6.37. The van der Waals surface area contributed by atoms with Gasteiger partial charge in [0, 0.05) is 115 Å². The van der Waals surface area contributed by atoms with Crippen molar-refractivity contribution in [3.8, 4) is 28.3 Å². The molecule has 3 aromatic carbocycles. The second-order valence-electron chi connectivity index (χ2n) is 28.3. The van der Waals surface area contributed by atoms with Gasteiger partial charge >= 0.3 is 17.9 Å². The summed E-state index contributed by atoms with van der Waals surface area (Å²) in [4.78, 5) is 114. The van der Waals surface area contributed by atoms with Crippen LogP contribution < -0.4 is 30.3 Å². The summed E-state index contributed by atoms with van der Waals surface area (Å²) in [5, 5.41) is 112. The Morgan fingerprint density at radius 2 is 1.65 bits per heavy atom. The van der Waals surface area contributed by atoms with Crippen molar-refractivity contribution in [2.75, 3.05) is 62.8 Å². The number of carbonyl (C=O) groups excluding carboxylic acids is 7. The number of benzene rings is 3. The van der Waals surface area contributed by atoms with Crippen LogP contribution in [0, 0.1) is 5.92 Å². The second-order valence-corrected chi connectivity index (χ2v) is 29.8. The van der Waals surface area contributed by atoms with E-state index in [0.717, 1.165) is 29.8 Å². The number of likely N-dealkylation sites (N-methyl/N-ethyl adjacent to an activating group) is 1. The van der Waals surface area contributed by atoms with E-state index in [9.17, 15) is 84.3 Å². The van der Waals surface area contributed by atoms with Gasteiger partial charge in [0.1, 0.15) is 95.6 Å². The number of anilines is 2. The molecule has 0 spiro atoms. The van der Waals surface area contributed by atoms with Crippen molar-refractivity contribution in [3.05, 3.63) is 101 Å². The second kappa shape index (κ2) is 36.3. The number of aromatic nitrogens is 3. The third kappa shape index (κ3) is 19.2. The summed E-state index contributed by atoms with van der Waals surface area (Å²) in [6.07, 6.45) is -17.3.